The molecule has 2 saturated carbocycles. The maximum atomic E-state index is 12.0. The van der Waals surface area contributed by atoms with Gasteiger partial charge in [0.1, 0.15) is 5.54 Å². The van der Waals surface area contributed by atoms with Crippen LogP contribution in [0.15, 0.2) is 0 Å². The Hall–Kier alpha value is -1.26. The number of carboxylic acid groups (broad SMARTS) is 1. The molecule has 2 aliphatic carbocycles. The zero-order chi connectivity index (χ0) is 13.7. The summed E-state index contributed by atoms with van der Waals surface area (Å²) >= 11 is 0. The van der Waals surface area contributed by atoms with Crippen molar-refractivity contribution in [1.82, 2.24) is 10.6 Å². The third-order valence-corrected chi connectivity index (χ3v) is 4.41. The predicted octanol–water partition coefficient (Wildman–Crippen LogP) is 2.41. The minimum absolute atomic E-state index is 0.203. The fraction of sp³-hybridized carbons (Fsp3) is 0.857. The molecule has 0 bridgehead atoms. The Kier molecular flexibility index (Phi) is 4.66. The highest BCUT2D eigenvalue weighted by Gasteiger charge is 2.42. The van der Waals surface area contributed by atoms with E-state index < -0.39 is 11.5 Å². The Morgan fingerprint density at radius 2 is 1.53 bits per heavy atom. The third kappa shape index (κ3) is 3.61. The van der Waals surface area contributed by atoms with E-state index in [9.17, 15) is 14.7 Å². The van der Waals surface area contributed by atoms with Gasteiger partial charge in [-0.2, -0.15) is 0 Å². The van der Waals surface area contributed by atoms with Crippen molar-refractivity contribution in [2.75, 3.05) is 0 Å². The summed E-state index contributed by atoms with van der Waals surface area (Å²) in [4.78, 5) is 23.4. The summed E-state index contributed by atoms with van der Waals surface area (Å²) in [5, 5.41) is 15.0. The zero-order valence-electron chi connectivity index (χ0n) is 11.4. The molecule has 0 unspecified atom stereocenters. The molecule has 0 spiro atoms. The van der Waals surface area contributed by atoms with Gasteiger partial charge in [0.05, 0.1) is 0 Å². The van der Waals surface area contributed by atoms with Gasteiger partial charge in [-0.15, -0.1) is 0 Å². The van der Waals surface area contributed by atoms with Gasteiger partial charge in [0.2, 0.25) is 0 Å². The number of hydrogen-bond acceptors (Lipinski definition) is 2. The highest BCUT2D eigenvalue weighted by molar-refractivity contribution is 5.86. The quantitative estimate of drug-likeness (QED) is 0.688. The first-order chi connectivity index (χ1) is 9.12. The van der Waals surface area contributed by atoms with Crippen LogP contribution in [0.1, 0.15) is 64.2 Å². The van der Waals surface area contributed by atoms with E-state index >= 15 is 0 Å². The summed E-state index contributed by atoms with van der Waals surface area (Å²) in [5.74, 6) is -0.902. The highest BCUT2D eigenvalue weighted by atomic mass is 16.4. The molecule has 0 aromatic heterocycles. The number of nitrogens with one attached hydrogen (secondary N) is 2. The summed E-state index contributed by atoms with van der Waals surface area (Å²) in [7, 11) is 0. The van der Waals surface area contributed by atoms with Crippen molar-refractivity contribution in [2.24, 2.45) is 0 Å². The molecule has 0 aliphatic heterocycles. The van der Waals surface area contributed by atoms with Crippen LogP contribution < -0.4 is 10.6 Å². The van der Waals surface area contributed by atoms with Crippen molar-refractivity contribution < 1.29 is 14.7 Å². The van der Waals surface area contributed by atoms with Crippen molar-refractivity contribution in [3.63, 3.8) is 0 Å². The molecule has 0 saturated heterocycles. The minimum Gasteiger partial charge on any atom is -0.480 e. The van der Waals surface area contributed by atoms with E-state index in [4.69, 9.17) is 0 Å². The largest absolute Gasteiger partial charge is 0.480 e. The fourth-order valence-corrected chi connectivity index (χ4v) is 3.23. The van der Waals surface area contributed by atoms with Gasteiger partial charge in [0, 0.05) is 6.04 Å². The molecular formula is C14H24N2O3. The van der Waals surface area contributed by atoms with Crippen LogP contribution in [-0.2, 0) is 4.79 Å². The first-order valence-electron chi connectivity index (χ1n) is 7.44. The number of amides is 2. The van der Waals surface area contributed by atoms with Gasteiger partial charge in [-0.25, -0.2) is 9.59 Å². The van der Waals surface area contributed by atoms with E-state index in [2.05, 4.69) is 10.6 Å². The fourth-order valence-electron chi connectivity index (χ4n) is 3.23. The lowest BCUT2D eigenvalue weighted by Gasteiger charge is -2.27. The van der Waals surface area contributed by atoms with E-state index in [1.807, 2.05) is 0 Å². The summed E-state index contributed by atoms with van der Waals surface area (Å²) < 4.78 is 0. The second-order valence-corrected chi connectivity index (χ2v) is 5.88. The van der Waals surface area contributed by atoms with Gasteiger partial charge < -0.3 is 15.7 Å². The van der Waals surface area contributed by atoms with Gasteiger partial charge in [-0.05, 0) is 25.7 Å². The van der Waals surface area contributed by atoms with Crippen LogP contribution >= 0.6 is 0 Å². The standard InChI is InChI=1S/C14H24N2O3/c17-12(18)14(9-5-6-10-14)16-13(19)15-11-7-3-1-2-4-8-11/h11H,1-10H2,(H,17,18)(H2,15,16,19). The molecule has 5 heteroatoms. The monoisotopic (exact) mass is 268 g/mol. The van der Waals surface area contributed by atoms with Crippen LogP contribution in [0, 0.1) is 0 Å². The third-order valence-electron chi connectivity index (χ3n) is 4.41. The number of rotatable bonds is 3. The first kappa shape index (κ1) is 14.2. The minimum atomic E-state index is -1.03. The van der Waals surface area contributed by atoms with Crippen molar-refractivity contribution in [2.45, 2.75) is 75.8 Å². The predicted molar refractivity (Wildman–Crippen MR) is 72.0 cm³/mol. The highest BCUT2D eigenvalue weighted by Crippen LogP contribution is 2.29. The van der Waals surface area contributed by atoms with Crippen molar-refractivity contribution in [3.05, 3.63) is 0 Å². The molecule has 2 rings (SSSR count). The van der Waals surface area contributed by atoms with E-state index in [0.29, 0.717) is 12.8 Å². The Bertz CT molecular complexity index is 330. The molecule has 19 heavy (non-hydrogen) atoms. The van der Waals surface area contributed by atoms with Gasteiger partial charge >= 0.3 is 12.0 Å². The SMILES string of the molecule is O=C(NC1CCCCCC1)NC1(C(=O)O)CCCC1. The van der Waals surface area contributed by atoms with Gasteiger partial charge in [0.15, 0.2) is 0 Å². The Labute approximate surface area is 114 Å². The van der Waals surface area contributed by atoms with Crippen LogP contribution in [-0.4, -0.2) is 28.7 Å². The van der Waals surface area contributed by atoms with E-state index in [1.165, 1.54) is 12.8 Å². The molecule has 108 valence electrons. The smallest absolute Gasteiger partial charge is 0.329 e. The summed E-state index contributed by atoms with van der Waals surface area (Å²) in [6, 6.07) is -0.106. The lowest BCUT2D eigenvalue weighted by atomic mass is 9.98. The number of urea groups is 1. The Morgan fingerprint density at radius 3 is 2.05 bits per heavy atom. The molecule has 2 amide bonds. The lowest BCUT2D eigenvalue weighted by molar-refractivity contribution is -0.144. The molecule has 0 atom stereocenters. The van der Waals surface area contributed by atoms with Crippen LogP contribution in [0.3, 0.4) is 0 Å². The molecule has 5 nitrogen and oxygen atoms in total. The van der Waals surface area contributed by atoms with Crippen molar-refractivity contribution in [1.29, 1.82) is 0 Å². The maximum Gasteiger partial charge on any atom is 0.329 e. The van der Waals surface area contributed by atoms with Gasteiger partial charge in [0.25, 0.3) is 0 Å². The molecule has 0 radical (unpaired) electrons. The van der Waals surface area contributed by atoms with Gasteiger partial charge in [-0.1, -0.05) is 38.5 Å². The lowest BCUT2D eigenvalue weighted by Crippen LogP contribution is -2.56. The van der Waals surface area contributed by atoms with Crippen LogP contribution in [0.25, 0.3) is 0 Å². The number of carbonyl (C=O) groups is 2. The summed E-state index contributed by atoms with van der Waals surface area (Å²) in [5.41, 5.74) is -1.03. The maximum absolute atomic E-state index is 12.0. The molecule has 0 aromatic rings. The van der Waals surface area contributed by atoms with Crippen molar-refractivity contribution >= 4 is 12.0 Å². The van der Waals surface area contributed by atoms with E-state index in [0.717, 1.165) is 38.5 Å². The van der Waals surface area contributed by atoms with Crippen LogP contribution in [0.2, 0.25) is 0 Å². The number of aliphatic carboxylic acids is 1. The second-order valence-electron chi connectivity index (χ2n) is 5.88. The average molecular weight is 268 g/mol. The second kappa shape index (κ2) is 6.26. The summed E-state index contributed by atoms with van der Waals surface area (Å²) in [6.07, 6.45) is 9.61. The number of carbonyl (C=O) groups excluding carboxylic acids is 1. The van der Waals surface area contributed by atoms with Crippen LogP contribution in [0.4, 0.5) is 4.79 Å². The van der Waals surface area contributed by atoms with Crippen molar-refractivity contribution in [3.8, 4) is 0 Å². The Balaban J connectivity index is 1.87. The average Bonchev–Trinajstić information content (AvgIpc) is 2.68. The van der Waals surface area contributed by atoms with Gasteiger partial charge in [-0.3, -0.25) is 0 Å². The number of hydrogen-bond donors (Lipinski definition) is 3. The summed E-state index contributed by atoms with van der Waals surface area (Å²) in [6.45, 7) is 0. The molecule has 2 fully saturated rings. The number of carboxylic acids is 1. The molecule has 0 heterocycles. The van der Waals surface area contributed by atoms with Crippen LogP contribution in [0.5, 0.6) is 0 Å². The normalized spacial score (nSPS) is 23.6. The zero-order valence-corrected chi connectivity index (χ0v) is 11.4. The molecule has 3 N–H and O–H groups in total. The van der Waals surface area contributed by atoms with E-state index in [1.54, 1.807) is 0 Å². The first-order valence-corrected chi connectivity index (χ1v) is 7.44. The topological polar surface area (TPSA) is 78.4 Å². The Morgan fingerprint density at radius 1 is 0.947 bits per heavy atom. The van der Waals surface area contributed by atoms with E-state index in [-0.39, 0.29) is 12.1 Å². The molecule has 0 aromatic carbocycles. The molecule has 2 aliphatic rings. The molecular weight excluding hydrogens is 244 g/mol.